The number of hydrogen-bond donors (Lipinski definition) is 0. The summed E-state index contributed by atoms with van der Waals surface area (Å²) in [5.41, 5.74) is 3.60. The molecule has 0 atom stereocenters. The molecule has 3 heterocycles. The Hall–Kier alpha value is -1.75. The standard InChI is InChI=1S/C12H9BrN4/c1-8-11(13)17-6-5-15-10(12(17)16-8)9-3-2-4-14-7-9/h2-7H,1H3. The molecule has 3 rings (SSSR count). The maximum absolute atomic E-state index is 4.51. The summed E-state index contributed by atoms with van der Waals surface area (Å²) in [6.45, 7) is 1.96. The van der Waals surface area contributed by atoms with Gasteiger partial charge in [0.05, 0.1) is 5.69 Å². The van der Waals surface area contributed by atoms with Crippen molar-refractivity contribution in [1.29, 1.82) is 0 Å². The average molecular weight is 289 g/mol. The van der Waals surface area contributed by atoms with Crippen molar-refractivity contribution >= 4 is 21.6 Å². The van der Waals surface area contributed by atoms with Gasteiger partial charge in [-0.3, -0.25) is 14.4 Å². The summed E-state index contributed by atoms with van der Waals surface area (Å²) < 4.78 is 2.94. The van der Waals surface area contributed by atoms with Crippen LogP contribution >= 0.6 is 15.9 Å². The molecule has 0 aliphatic carbocycles. The van der Waals surface area contributed by atoms with Gasteiger partial charge in [-0.05, 0) is 35.0 Å². The van der Waals surface area contributed by atoms with Crippen LogP contribution in [0.5, 0.6) is 0 Å². The van der Waals surface area contributed by atoms with Crippen LogP contribution in [0, 0.1) is 6.92 Å². The Morgan fingerprint density at radius 2 is 2.18 bits per heavy atom. The molecule has 0 unspecified atom stereocenters. The number of imidazole rings is 1. The molecule has 3 aromatic heterocycles. The molecule has 3 aromatic rings. The first-order valence-corrected chi connectivity index (χ1v) is 5.96. The quantitative estimate of drug-likeness (QED) is 0.692. The summed E-state index contributed by atoms with van der Waals surface area (Å²) >= 11 is 3.51. The van der Waals surface area contributed by atoms with Crippen molar-refractivity contribution in [3.63, 3.8) is 0 Å². The van der Waals surface area contributed by atoms with Crippen molar-refractivity contribution < 1.29 is 0 Å². The van der Waals surface area contributed by atoms with E-state index >= 15 is 0 Å². The minimum atomic E-state index is 0.838. The highest BCUT2D eigenvalue weighted by molar-refractivity contribution is 9.10. The molecule has 0 bridgehead atoms. The van der Waals surface area contributed by atoms with Gasteiger partial charge in [-0.2, -0.15) is 0 Å². The Kier molecular flexibility index (Phi) is 2.40. The first kappa shape index (κ1) is 10.4. The van der Waals surface area contributed by atoms with Crippen LogP contribution in [0.15, 0.2) is 41.5 Å². The second-order valence-corrected chi connectivity index (χ2v) is 4.45. The highest BCUT2D eigenvalue weighted by atomic mass is 79.9. The van der Waals surface area contributed by atoms with Gasteiger partial charge in [-0.1, -0.05) is 0 Å². The third-order valence-corrected chi connectivity index (χ3v) is 3.53. The topological polar surface area (TPSA) is 43.1 Å². The van der Waals surface area contributed by atoms with Gasteiger partial charge >= 0.3 is 0 Å². The smallest absolute Gasteiger partial charge is 0.164 e. The minimum absolute atomic E-state index is 0.838. The van der Waals surface area contributed by atoms with Crippen LogP contribution in [0.1, 0.15) is 5.69 Å². The van der Waals surface area contributed by atoms with Crippen molar-refractivity contribution in [3.8, 4) is 11.3 Å². The third kappa shape index (κ3) is 1.63. The largest absolute Gasteiger partial charge is 0.291 e. The molecule has 0 saturated heterocycles. The molecule has 0 aliphatic rings. The summed E-state index contributed by atoms with van der Waals surface area (Å²) in [6, 6.07) is 3.87. The number of fused-ring (bicyclic) bond motifs is 1. The lowest BCUT2D eigenvalue weighted by molar-refractivity contribution is 1.10. The van der Waals surface area contributed by atoms with Gasteiger partial charge in [0, 0.05) is 30.4 Å². The fourth-order valence-corrected chi connectivity index (χ4v) is 2.14. The summed E-state index contributed by atoms with van der Waals surface area (Å²) in [5.74, 6) is 0. The van der Waals surface area contributed by atoms with Gasteiger partial charge in [0.25, 0.3) is 0 Å². The van der Waals surface area contributed by atoms with Crippen LogP contribution < -0.4 is 0 Å². The summed E-state index contributed by atoms with van der Waals surface area (Å²) in [5, 5.41) is 0. The van der Waals surface area contributed by atoms with E-state index in [4.69, 9.17) is 0 Å². The molecular formula is C12H9BrN4. The lowest BCUT2D eigenvalue weighted by atomic mass is 10.2. The van der Waals surface area contributed by atoms with Crippen LogP contribution in [0.2, 0.25) is 0 Å². The zero-order valence-electron chi connectivity index (χ0n) is 9.13. The number of nitrogens with zero attached hydrogens (tertiary/aromatic N) is 4. The molecule has 0 spiro atoms. The molecular weight excluding hydrogens is 280 g/mol. The first-order valence-electron chi connectivity index (χ1n) is 5.17. The average Bonchev–Trinajstić information content (AvgIpc) is 2.67. The number of rotatable bonds is 1. The molecule has 4 nitrogen and oxygen atoms in total. The maximum atomic E-state index is 4.51. The van der Waals surface area contributed by atoms with Crippen molar-refractivity contribution in [3.05, 3.63) is 47.2 Å². The van der Waals surface area contributed by atoms with E-state index in [1.165, 1.54) is 0 Å². The van der Waals surface area contributed by atoms with E-state index in [9.17, 15) is 0 Å². The van der Waals surface area contributed by atoms with Gasteiger partial charge in [0.15, 0.2) is 5.65 Å². The van der Waals surface area contributed by atoms with Crippen LogP contribution in [0.3, 0.4) is 0 Å². The molecule has 0 fully saturated rings. The Labute approximate surface area is 106 Å². The normalized spacial score (nSPS) is 10.9. The second-order valence-electron chi connectivity index (χ2n) is 3.70. The third-order valence-electron chi connectivity index (χ3n) is 2.58. The maximum Gasteiger partial charge on any atom is 0.164 e. The van der Waals surface area contributed by atoms with E-state index in [2.05, 4.69) is 30.9 Å². The molecule has 0 aliphatic heterocycles. The number of halogens is 1. The van der Waals surface area contributed by atoms with Gasteiger partial charge < -0.3 is 0 Å². The lowest BCUT2D eigenvalue weighted by Crippen LogP contribution is -1.92. The molecule has 0 radical (unpaired) electrons. The molecule has 0 aromatic carbocycles. The van der Waals surface area contributed by atoms with Crippen LogP contribution in [0.25, 0.3) is 16.9 Å². The monoisotopic (exact) mass is 288 g/mol. The van der Waals surface area contributed by atoms with Gasteiger partial charge in [0.1, 0.15) is 10.3 Å². The lowest BCUT2D eigenvalue weighted by Gasteiger charge is -2.02. The van der Waals surface area contributed by atoms with E-state index in [0.29, 0.717) is 0 Å². The van der Waals surface area contributed by atoms with E-state index in [-0.39, 0.29) is 0 Å². The predicted molar refractivity (Wildman–Crippen MR) is 68.7 cm³/mol. The van der Waals surface area contributed by atoms with Crippen LogP contribution in [0.4, 0.5) is 0 Å². The zero-order valence-corrected chi connectivity index (χ0v) is 10.7. The highest BCUT2D eigenvalue weighted by Gasteiger charge is 2.11. The van der Waals surface area contributed by atoms with E-state index in [1.54, 1.807) is 18.6 Å². The van der Waals surface area contributed by atoms with Crippen LogP contribution in [-0.2, 0) is 0 Å². The predicted octanol–water partition coefficient (Wildman–Crippen LogP) is 2.86. The Morgan fingerprint density at radius 1 is 1.29 bits per heavy atom. The summed E-state index contributed by atoms with van der Waals surface area (Å²) in [4.78, 5) is 13.0. The SMILES string of the molecule is Cc1nc2c(-c3cccnc3)nccn2c1Br. The van der Waals surface area contributed by atoms with Crippen molar-refractivity contribution in [2.45, 2.75) is 6.92 Å². The van der Waals surface area contributed by atoms with Crippen LogP contribution in [-0.4, -0.2) is 19.4 Å². The number of pyridine rings is 1. The Bertz CT molecular complexity index is 676. The minimum Gasteiger partial charge on any atom is -0.291 e. The fraction of sp³-hybridized carbons (Fsp3) is 0.0833. The second kappa shape index (κ2) is 3.92. The van der Waals surface area contributed by atoms with E-state index in [1.807, 2.05) is 29.7 Å². The van der Waals surface area contributed by atoms with Gasteiger partial charge in [0.2, 0.25) is 0 Å². The van der Waals surface area contributed by atoms with Gasteiger partial charge in [-0.25, -0.2) is 4.98 Å². The van der Waals surface area contributed by atoms with E-state index in [0.717, 1.165) is 27.2 Å². The molecule has 17 heavy (non-hydrogen) atoms. The summed E-state index contributed by atoms with van der Waals surface area (Å²) in [6.07, 6.45) is 7.19. The van der Waals surface area contributed by atoms with Crippen molar-refractivity contribution in [2.75, 3.05) is 0 Å². The highest BCUT2D eigenvalue weighted by Crippen LogP contribution is 2.25. The van der Waals surface area contributed by atoms with E-state index < -0.39 is 0 Å². The molecule has 5 heteroatoms. The number of hydrogen-bond acceptors (Lipinski definition) is 3. The Morgan fingerprint density at radius 3 is 2.94 bits per heavy atom. The number of aryl methyl sites for hydroxylation is 1. The van der Waals surface area contributed by atoms with Gasteiger partial charge in [-0.15, -0.1) is 0 Å². The fourth-order valence-electron chi connectivity index (χ4n) is 1.77. The first-order chi connectivity index (χ1) is 8.27. The van der Waals surface area contributed by atoms with Crippen molar-refractivity contribution in [2.24, 2.45) is 0 Å². The van der Waals surface area contributed by atoms with Crippen molar-refractivity contribution in [1.82, 2.24) is 19.4 Å². The Balaban J connectivity index is 2.35. The zero-order chi connectivity index (χ0) is 11.8. The summed E-state index contributed by atoms with van der Waals surface area (Å²) in [7, 11) is 0. The molecule has 84 valence electrons. The number of aromatic nitrogens is 4. The molecule has 0 amide bonds. The molecule has 0 saturated carbocycles. The molecule has 0 N–H and O–H groups in total.